The number of carboxylic acid groups (broad SMARTS) is 1. The monoisotopic (exact) mass is 160 g/mol. The molecule has 0 radical (unpaired) electrons. The lowest BCUT2D eigenvalue weighted by Crippen LogP contribution is -2.15. The molecular weight excluding hydrogens is 148 g/mol. The molecule has 0 aliphatic carbocycles. The van der Waals surface area contributed by atoms with Gasteiger partial charge in [-0.1, -0.05) is 13.8 Å². The van der Waals surface area contributed by atoms with Gasteiger partial charge in [0.2, 0.25) is 5.78 Å². The second kappa shape index (κ2) is 6.92. The van der Waals surface area contributed by atoms with Gasteiger partial charge in [0.05, 0.1) is 6.42 Å². The summed E-state index contributed by atoms with van der Waals surface area (Å²) in [5, 5.41) is 7.93. The Hall–Kier alpha value is -1.19. The van der Waals surface area contributed by atoms with Crippen molar-refractivity contribution in [3.63, 3.8) is 0 Å². The van der Waals surface area contributed by atoms with Crippen LogP contribution in [0.25, 0.3) is 0 Å². The highest BCUT2D eigenvalue weighted by Crippen LogP contribution is 1.83. The highest BCUT2D eigenvalue weighted by Gasteiger charge is 2.12. The predicted octanol–water partition coefficient (Wildman–Crippen LogP) is 0.645. The normalized spacial score (nSPS) is 7.55. The van der Waals surface area contributed by atoms with Crippen LogP contribution in [0.1, 0.15) is 27.2 Å². The number of rotatable bonds is 3. The van der Waals surface area contributed by atoms with Crippen molar-refractivity contribution >= 4 is 17.5 Å². The summed E-state index contributed by atoms with van der Waals surface area (Å²) >= 11 is 0. The van der Waals surface area contributed by atoms with Crippen LogP contribution in [0, 0.1) is 0 Å². The van der Waals surface area contributed by atoms with Crippen LogP contribution < -0.4 is 0 Å². The zero-order valence-electron chi connectivity index (χ0n) is 6.88. The minimum atomic E-state index is -1.55. The molecule has 11 heavy (non-hydrogen) atoms. The van der Waals surface area contributed by atoms with Crippen LogP contribution >= 0.6 is 0 Å². The van der Waals surface area contributed by atoms with Gasteiger partial charge in [0.1, 0.15) is 5.78 Å². The lowest BCUT2D eigenvalue weighted by molar-refractivity contribution is -0.150. The fourth-order valence-electron chi connectivity index (χ4n) is 0.302. The molecule has 0 heterocycles. The smallest absolute Gasteiger partial charge is 0.372 e. The second-order valence-electron chi connectivity index (χ2n) is 1.61. The Kier molecular flexibility index (Phi) is 7.86. The van der Waals surface area contributed by atoms with Crippen molar-refractivity contribution in [1.82, 2.24) is 0 Å². The van der Waals surface area contributed by atoms with Gasteiger partial charge in [-0.05, 0) is 6.92 Å². The van der Waals surface area contributed by atoms with Crippen LogP contribution in [0.3, 0.4) is 0 Å². The van der Waals surface area contributed by atoms with E-state index in [0.29, 0.717) is 0 Å². The predicted molar refractivity (Wildman–Crippen MR) is 39.3 cm³/mol. The molecule has 0 amide bonds. The van der Waals surface area contributed by atoms with Gasteiger partial charge in [-0.2, -0.15) is 0 Å². The minimum absolute atomic E-state index is 0.428. The van der Waals surface area contributed by atoms with E-state index in [-0.39, 0.29) is 0 Å². The Balaban J connectivity index is 0. The van der Waals surface area contributed by atoms with Crippen LogP contribution in [0.15, 0.2) is 0 Å². The molecule has 0 aromatic carbocycles. The standard InChI is InChI=1S/C5H6O4.C2H6/c1-3(6)2-4(7)5(8)9;1-2/h2H2,1H3,(H,8,9);1-2H3. The molecule has 0 fully saturated rings. The van der Waals surface area contributed by atoms with Gasteiger partial charge in [0.15, 0.2) is 0 Å². The van der Waals surface area contributed by atoms with Gasteiger partial charge in [0.25, 0.3) is 0 Å². The third-order valence-corrected chi connectivity index (χ3v) is 0.648. The quantitative estimate of drug-likeness (QED) is 0.486. The third kappa shape index (κ3) is 8.81. The van der Waals surface area contributed by atoms with Crippen molar-refractivity contribution in [3.8, 4) is 0 Å². The van der Waals surface area contributed by atoms with Crippen LogP contribution in [0.5, 0.6) is 0 Å². The average molecular weight is 160 g/mol. The number of carbonyl (C=O) groups is 3. The van der Waals surface area contributed by atoms with E-state index in [1.807, 2.05) is 13.8 Å². The molecule has 0 saturated heterocycles. The van der Waals surface area contributed by atoms with Crippen LogP contribution in [0.2, 0.25) is 0 Å². The summed E-state index contributed by atoms with van der Waals surface area (Å²) in [6.07, 6.45) is -0.505. The van der Waals surface area contributed by atoms with Gasteiger partial charge in [-0.15, -0.1) is 0 Å². The van der Waals surface area contributed by atoms with Gasteiger partial charge in [0, 0.05) is 0 Å². The Morgan fingerprint density at radius 2 is 1.55 bits per heavy atom. The minimum Gasteiger partial charge on any atom is -0.475 e. The number of carbonyl (C=O) groups excluding carboxylic acids is 2. The van der Waals surface area contributed by atoms with Crippen molar-refractivity contribution in [2.45, 2.75) is 27.2 Å². The Morgan fingerprint density at radius 1 is 1.18 bits per heavy atom. The maximum atomic E-state index is 10.1. The summed E-state index contributed by atoms with van der Waals surface area (Å²) in [6, 6.07) is 0. The lowest BCUT2D eigenvalue weighted by Gasteiger charge is -1.86. The number of hydrogen-bond donors (Lipinski definition) is 1. The molecule has 0 aromatic rings. The first-order chi connectivity index (χ1) is 5.04. The maximum Gasteiger partial charge on any atom is 0.372 e. The van der Waals surface area contributed by atoms with Crippen molar-refractivity contribution < 1.29 is 19.5 Å². The van der Waals surface area contributed by atoms with Crippen molar-refractivity contribution in [1.29, 1.82) is 0 Å². The van der Waals surface area contributed by atoms with E-state index in [4.69, 9.17) is 5.11 Å². The summed E-state index contributed by atoms with van der Waals surface area (Å²) in [5.41, 5.74) is 0. The first-order valence-corrected chi connectivity index (χ1v) is 3.29. The molecule has 0 spiro atoms. The molecule has 4 heteroatoms. The fraction of sp³-hybridized carbons (Fsp3) is 0.571. The summed E-state index contributed by atoms with van der Waals surface area (Å²) in [5.74, 6) is -3.03. The molecule has 0 atom stereocenters. The van der Waals surface area contributed by atoms with Gasteiger partial charge in [-0.3, -0.25) is 9.59 Å². The molecule has 0 aliphatic heterocycles. The number of Topliss-reactive ketones (excluding diaryl/α,β-unsaturated/α-hetero) is 2. The summed E-state index contributed by atoms with van der Waals surface area (Å²) < 4.78 is 0. The topological polar surface area (TPSA) is 71.4 Å². The molecule has 0 saturated carbocycles. The van der Waals surface area contributed by atoms with E-state index < -0.39 is 24.0 Å². The molecule has 4 nitrogen and oxygen atoms in total. The van der Waals surface area contributed by atoms with Crippen molar-refractivity contribution in [3.05, 3.63) is 0 Å². The molecule has 0 rings (SSSR count). The SMILES string of the molecule is CC.CC(=O)CC(=O)C(=O)O. The Bertz CT molecular complexity index is 160. The number of ketones is 2. The first kappa shape index (κ1) is 12.5. The maximum absolute atomic E-state index is 10.1. The zero-order chi connectivity index (χ0) is 9.44. The highest BCUT2D eigenvalue weighted by atomic mass is 16.4. The second-order valence-corrected chi connectivity index (χ2v) is 1.61. The summed E-state index contributed by atoms with van der Waals surface area (Å²) in [4.78, 5) is 29.9. The first-order valence-electron chi connectivity index (χ1n) is 3.29. The summed E-state index contributed by atoms with van der Waals surface area (Å²) in [7, 11) is 0. The van der Waals surface area contributed by atoms with E-state index in [9.17, 15) is 14.4 Å². The molecule has 0 bridgehead atoms. The third-order valence-electron chi connectivity index (χ3n) is 0.648. The largest absolute Gasteiger partial charge is 0.475 e. The van der Waals surface area contributed by atoms with E-state index in [0.717, 1.165) is 0 Å². The van der Waals surface area contributed by atoms with E-state index >= 15 is 0 Å². The average Bonchev–Trinajstić information content (AvgIpc) is 1.90. The van der Waals surface area contributed by atoms with Crippen molar-refractivity contribution in [2.75, 3.05) is 0 Å². The Morgan fingerprint density at radius 3 is 1.64 bits per heavy atom. The van der Waals surface area contributed by atoms with Gasteiger partial charge >= 0.3 is 5.97 Å². The van der Waals surface area contributed by atoms with E-state index in [1.165, 1.54) is 6.92 Å². The van der Waals surface area contributed by atoms with Crippen LogP contribution in [0.4, 0.5) is 0 Å². The van der Waals surface area contributed by atoms with Crippen LogP contribution in [-0.4, -0.2) is 22.6 Å². The molecule has 1 N–H and O–H groups in total. The number of carboxylic acids is 1. The van der Waals surface area contributed by atoms with Crippen molar-refractivity contribution in [2.24, 2.45) is 0 Å². The molecule has 0 unspecified atom stereocenters. The number of hydrogen-bond acceptors (Lipinski definition) is 3. The highest BCUT2D eigenvalue weighted by molar-refractivity contribution is 6.36. The molecule has 0 aromatic heterocycles. The van der Waals surface area contributed by atoms with Gasteiger partial charge < -0.3 is 5.11 Å². The summed E-state index contributed by atoms with van der Waals surface area (Å²) in [6.45, 7) is 5.17. The van der Waals surface area contributed by atoms with Gasteiger partial charge in [-0.25, -0.2) is 4.79 Å². The molecule has 64 valence electrons. The lowest BCUT2D eigenvalue weighted by atomic mass is 10.2. The molecular formula is C7H12O4. The van der Waals surface area contributed by atoms with E-state index in [1.54, 1.807) is 0 Å². The Labute approximate surface area is 65.2 Å². The number of aliphatic carboxylic acids is 1. The van der Waals surface area contributed by atoms with Crippen LogP contribution in [-0.2, 0) is 14.4 Å². The zero-order valence-corrected chi connectivity index (χ0v) is 6.88. The fourth-order valence-corrected chi connectivity index (χ4v) is 0.302. The molecule has 0 aliphatic rings. The van der Waals surface area contributed by atoms with E-state index in [2.05, 4.69) is 0 Å².